The molecule has 18 heavy (non-hydrogen) atoms. The second kappa shape index (κ2) is 4.51. The number of hydrogen-bond donors (Lipinski definition) is 0. The molecule has 2 bridgehead atoms. The Morgan fingerprint density at radius 1 is 1.22 bits per heavy atom. The highest BCUT2D eigenvalue weighted by atomic mass is 16.1. The van der Waals surface area contributed by atoms with E-state index in [4.69, 9.17) is 0 Å². The van der Waals surface area contributed by atoms with Crippen molar-refractivity contribution >= 4 is 5.78 Å². The summed E-state index contributed by atoms with van der Waals surface area (Å²) in [6, 6.07) is 10.6. The van der Waals surface area contributed by atoms with Crippen LogP contribution in [0.5, 0.6) is 0 Å². The normalized spacial score (nSPS) is 34.8. The van der Waals surface area contributed by atoms with Crippen LogP contribution in [0.3, 0.4) is 0 Å². The van der Waals surface area contributed by atoms with E-state index in [-0.39, 0.29) is 11.5 Å². The third-order valence-corrected chi connectivity index (χ3v) is 4.97. The molecule has 2 nitrogen and oxygen atoms in total. The third kappa shape index (κ3) is 1.79. The highest BCUT2D eigenvalue weighted by Gasteiger charge is 2.50. The molecule has 3 saturated heterocycles. The Morgan fingerprint density at radius 2 is 1.89 bits per heavy atom. The Morgan fingerprint density at radius 3 is 2.50 bits per heavy atom. The molecule has 96 valence electrons. The first-order valence-electron chi connectivity index (χ1n) is 7.07. The lowest BCUT2D eigenvalue weighted by atomic mass is 9.65. The van der Waals surface area contributed by atoms with Gasteiger partial charge in [-0.05, 0) is 44.3 Å². The van der Waals surface area contributed by atoms with Crippen molar-refractivity contribution in [2.24, 2.45) is 5.41 Å². The quantitative estimate of drug-likeness (QED) is 0.813. The standard InChI is InChI=1S/C16H21NO/c1-2-16-8-10-17(11-9-16)14(15(16)18)12-13-6-4-3-5-7-13/h3-7,14H,2,8-12H2,1H3. The molecule has 3 aliphatic heterocycles. The lowest BCUT2D eigenvalue weighted by Crippen LogP contribution is -2.61. The first kappa shape index (κ1) is 11.9. The van der Waals surface area contributed by atoms with Gasteiger partial charge in [-0.25, -0.2) is 0 Å². The summed E-state index contributed by atoms with van der Waals surface area (Å²) < 4.78 is 0. The number of fused-ring (bicyclic) bond motifs is 3. The van der Waals surface area contributed by atoms with Gasteiger partial charge in [-0.2, -0.15) is 0 Å². The minimum atomic E-state index is 0.00813. The fraction of sp³-hybridized carbons (Fsp3) is 0.562. The van der Waals surface area contributed by atoms with E-state index in [9.17, 15) is 4.79 Å². The van der Waals surface area contributed by atoms with Gasteiger partial charge in [0.15, 0.2) is 5.78 Å². The summed E-state index contributed by atoms with van der Waals surface area (Å²) in [4.78, 5) is 15.1. The first-order valence-corrected chi connectivity index (χ1v) is 7.07. The maximum Gasteiger partial charge on any atom is 0.156 e. The molecule has 0 spiro atoms. The summed E-state index contributed by atoms with van der Waals surface area (Å²) in [5.74, 6) is 0.506. The molecule has 3 fully saturated rings. The molecule has 1 atom stereocenters. The van der Waals surface area contributed by atoms with E-state index >= 15 is 0 Å². The Bertz CT molecular complexity index is 432. The van der Waals surface area contributed by atoms with Gasteiger partial charge in [0.1, 0.15) is 0 Å². The van der Waals surface area contributed by atoms with Crippen LogP contribution in [0.4, 0.5) is 0 Å². The Balaban J connectivity index is 1.83. The zero-order valence-corrected chi connectivity index (χ0v) is 11.1. The van der Waals surface area contributed by atoms with Gasteiger partial charge in [0.2, 0.25) is 0 Å². The number of rotatable bonds is 3. The van der Waals surface area contributed by atoms with E-state index in [0.29, 0.717) is 5.78 Å². The lowest BCUT2D eigenvalue weighted by Gasteiger charge is -2.51. The Labute approximate surface area is 109 Å². The maximum absolute atomic E-state index is 12.7. The molecule has 0 saturated carbocycles. The molecule has 1 aromatic carbocycles. The first-order chi connectivity index (χ1) is 8.75. The average molecular weight is 243 g/mol. The van der Waals surface area contributed by atoms with Crippen molar-refractivity contribution in [3.8, 4) is 0 Å². The predicted octanol–water partition coefficient (Wildman–Crippen LogP) is 2.67. The Kier molecular flexibility index (Phi) is 2.98. The fourth-order valence-corrected chi connectivity index (χ4v) is 3.62. The van der Waals surface area contributed by atoms with E-state index in [2.05, 4.69) is 36.1 Å². The van der Waals surface area contributed by atoms with Crippen LogP contribution in [-0.4, -0.2) is 29.8 Å². The largest absolute Gasteiger partial charge is 0.297 e. The third-order valence-electron chi connectivity index (χ3n) is 4.97. The number of nitrogens with zero attached hydrogens (tertiary/aromatic N) is 1. The van der Waals surface area contributed by atoms with Crippen molar-refractivity contribution in [2.75, 3.05) is 13.1 Å². The van der Waals surface area contributed by atoms with E-state index in [1.54, 1.807) is 0 Å². The number of ketones is 1. The minimum absolute atomic E-state index is 0.00813. The Hall–Kier alpha value is -1.15. The molecule has 0 aliphatic carbocycles. The monoisotopic (exact) mass is 243 g/mol. The zero-order valence-electron chi connectivity index (χ0n) is 11.1. The lowest BCUT2D eigenvalue weighted by molar-refractivity contribution is -0.147. The SMILES string of the molecule is CCC12CCN(CC1)C(Cc1ccccc1)C2=O. The fourth-order valence-electron chi connectivity index (χ4n) is 3.62. The van der Waals surface area contributed by atoms with Crippen LogP contribution in [-0.2, 0) is 11.2 Å². The highest BCUT2D eigenvalue weighted by molar-refractivity contribution is 5.91. The summed E-state index contributed by atoms with van der Waals surface area (Å²) in [5.41, 5.74) is 1.29. The number of hydrogen-bond acceptors (Lipinski definition) is 2. The van der Waals surface area contributed by atoms with Crippen molar-refractivity contribution < 1.29 is 4.79 Å². The van der Waals surface area contributed by atoms with Crippen LogP contribution in [0.2, 0.25) is 0 Å². The van der Waals surface area contributed by atoms with Crippen molar-refractivity contribution in [2.45, 2.75) is 38.6 Å². The molecule has 3 heterocycles. The van der Waals surface area contributed by atoms with Crippen molar-refractivity contribution in [3.05, 3.63) is 35.9 Å². The number of piperidine rings is 3. The van der Waals surface area contributed by atoms with Gasteiger partial charge >= 0.3 is 0 Å². The van der Waals surface area contributed by atoms with Crippen LogP contribution >= 0.6 is 0 Å². The number of benzene rings is 1. The van der Waals surface area contributed by atoms with Gasteiger partial charge < -0.3 is 0 Å². The summed E-state index contributed by atoms with van der Waals surface area (Å²) in [6.45, 7) is 4.40. The summed E-state index contributed by atoms with van der Waals surface area (Å²) in [5, 5.41) is 0. The van der Waals surface area contributed by atoms with E-state index in [1.807, 2.05) is 6.07 Å². The minimum Gasteiger partial charge on any atom is -0.297 e. The molecular formula is C16H21NO. The average Bonchev–Trinajstić information content (AvgIpc) is 2.44. The molecule has 1 aromatic rings. The molecular weight excluding hydrogens is 222 g/mol. The van der Waals surface area contributed by atoms with Gasteiger partial charge in [-0.15, -0.1) is 0 Å². The summed E-state index contributed by atoms with van der Waals surface area (Å²) >= 11 is 0. The number of carbonyl (C=O) groups is 1. The molecule has 2 heteroatoms. The molecule has 0 amide bonds. The molecule has 1 unspecified atom stereocenters. The van der Waals surface area contributed by atoms with E-state index < -0.39 is 0 Å². The zero-order chi connectivity index (χ0) is 12.6. The van der Waals surface area contributed by atoms with Gasteiger partial charge in [-0.1, -0.05) is 37.3 Å². The van der Waals surface area contributed by atoms with Gasteiger partial charge in [0.05, 0.1) is 6.04 Å². The second-order valence-electron chi connectivity index (χ2n) is 5.74. The van der Waals surface area contributed by atoms with Crippen LogP contribution < -0.4 is 0 Å². The topological polar surface area (TPSA) is 20.3 Å². The van der Waals surface area contributed by atoms with Gasteiger partial charge in [0, 0.05) is 5.41 Å². The van der Waals surface area contributed by atoms with Crippen LogP contribution in [0.25, 0.3) is 0 Å². The van der Waals surface area contributed by atoms with E-state index in [1.165, 1.54) is 5.56 Å². The molecule has 4 rings (SSSR count). The summed E-state index contributed by atoms with van der Waals surface area (Å²) in [7, 11) is 0. The smallest absolute Gasteiger partial charge is 0.156 e. The van der Waals surface area contributed by atoms with E-state index in [0.717, 1.165) is 38.8 Å². The number of Topliss-reactive ketones (excluding diaryl/α,β-unsaturated/α-hetero) is 1. The van der Waals surface area contributed by atoms with Crippen molar-refractivity contribution in [1.82, 2.24) is 4.90 Å². The van der Waals surface area contributed by atoms with Gasteiger partial charge in [-0.3, -0.25) is 9.69 Å². The second-order valence-corrected chi connectivity index (χ2v) is 5.74. The highest BCUT2D eigenvalue weighted by Crippen LogP contribution is 2.43. The molecule has 0 aromatic heterocycles. The van der Waals surface area contributed by atoms with Crippen LogP contribution in [0.15, 0.2) is 30.3 Å². The van der Waals surface area contributed by atoms with Crippen LogP contribution in [0, 0.1) is 5.41 Å². The predicted molar refractivity (Wildman–Crippen MR) is 72.5 cm³/mol. The number of carbonyl (C=O) groups excluding carboxylic acids is 1. The maximum atomic E-state index is 12.7. The van der Waals surface area contributed by atoms with Gasteiger partial charge in [0.25, 0.3) is 0 Å². The van der Waals surface area contributed by atoms with Crippen molar-refractivity contribution in [3.63, 3.8) is 0 Å². The van der Waals surface area contributed by atoms with Crippen LogP contribution in [0.1, 0.15) is 31.7 Å². The molecule has 0 radical (unpaired) electrons. The van der Waals surface area contributed by atoms with Crippen molar-refractivity contribution in [1.29, 1.82) is 0 Å². The molecule has 0 N–H and O–H groups in total. The molecule has 3 aliphatic rings. The summed E-state index contributed by atoms with van der Waals surface area (Å²) in [6.07, 6.45) is 4.06.